The number of tetrazole rings is 1. The summed E-state index contributed by atoms with van der Waals surface area (Å²) in [5.41, 5.74) is 0.825. The van der Waals surface area contributed by atoms with Crippen molar-refractivity contribution in [3.63, 3.8) is 0 Å². The number of hydrogen-bond acceptors (Lipinski definition) is 5. The SMILES string of the molecule is C[C@H](C(=O)N1CC[C@H](C(=O)O)C1)n1nnc(-c2ccccc2)n1. The number of aromatic nitrogens is 4. The molecule has 8 nitrogen and oxygen atoms in total. The summed E-state index contributed by atoms with van der Waals surface area (Å²) in [5, 5.41) is 21.2. The van der Waals surface area contributed by atoms with Gasteiger partial charge in [0.25, 0.3) is 0 Å². The Morgan fingerprint density at radius 2 is 2.04 bits per heavy atom. The van der Waals surface area contributed by atoms with E-state index in [1.54, 1.807) is 11.8 Å². The van der Waals surface area contributed by atoms with Crippen LogP contribution in [0.4, 0.5) is 0 Å². The predicted molar refractivity (Wildman–Crippen MR) is 80.3 cm³/mol. The molecule has 0 spiro atoms. The van der Waals surface area contributed by atoms with Crippen LogP contribution in [-0.4, -0.2) is 55.2 Å². The molecule has 23 heavy (non-hydrogen) atoms. The van der Waals surface area contributed by atoms with E-state index in [4.69, 9.17) is 5.11 Å². The van der Waals surface area contributed by atoms with Gasteiger partial charge in [-0.3, -0.25) is 9.59 Å². The van der Waals surface area contributed by atoms with Crippen molar-refractivity contribution in [1.29, 1.82) is 0 Å². The third-order valence-corrected chi connectivity index (χ3v) is 4.01. The molecule has 0 bridgehead atoms. The largest absolute Gasteiger partial charge is 0.481 e. The van der Waals surface area contributed by atoms with Gasteiger partial charge in [-0.1, -0.05) is 30.3 Å². The number of benzene rings is 1. The lowest BCUT2D eigenvalue weighted by molar-refractivity contribution is -0.141. The van der Waals surface area contributed by atoms with E-state index >= 15 is 0 Å². The number of carboxylic acids is 1. The Morgan fingerprint density at radius 3 is 2.70 bits per heavy atom. The van der Waals surface area contributed by atoms with Crippen LogP contribution in [0.3, 0.4) is 0 Å². The van der Waals surface area contributed by atoms with E-state index < -0.39 is 17.9 Å². The van der Waals surface area contributed by atoms with E-state index in [0.717, 1.165) is 5.56 Å². The van der Waals surface area contributed by atoms with Crippen LogP contribution in [0.5, 0.6) is 0 Å². The van der Waals surface area contributed by atoms with Gasteiger partial charge >= 0.3 is 5.97 Å². The zero-order valence-corrected chi connectivity index (χ0v) is 12.7. The van der Waals surface area contributed by atoms with E-state index in [2.05, 4.69) is 15.4 Å². The summed E-state index contributed by atoms with van der Waals surface area (Å²) in [6.45, 7) is 2.37. The van der Waals surface area contributed by atoms with E-state index in [1.807, 2.05) is 30.3 Å². The van der Waals surface area contributed by atoms with Gasteiger partial charge in [0.15, 0.2) is 0 Å². The van der Waals surface area contributed by atoms with Crippen molar-refractivity contribution in [3.8, 4) is 11.4 Å². The number of nitrogens with zero attached hydrogens (tertiary/aromatic N) is 5. The van der Waals surface area contributed by atoms with Gasteiger partial charge in [-0.2, -0.15) is 4.80 Å². The molecule has 0 saturated carbocycles. The topological polar surface area (TPSA) is 101 Å². The number of aliphatic carboxylic acids is 1. The Morgan fingerprint density at radius 1 is 1.30 bits per heavy atom. The predicted octanol–water partition coefficient (Wildman–Crippen LogP) is 0.834. The summed E-state index contributed by atoms with van der Waals surface area (Å²) >= 11 is 0. The molecular weight excluding hydrogens is 298 g/mol. The second-order valence-electron chi connectivity index (χ2n) is 5.58. The average Bonchev–Trinajstić information content (AvgIpc) is 3.24. The van der Waals surface area contributed by atoms with Crippen molar-refractivity contribution < 1.29 is 14.7 Å². The highest BCUT2D eigenvalue weighted by Crippen LogP contribution is 2.20. The van der Waals surface area contributed by atoms with E-state index in [-0.39, 0.29) is 12.5 Å². The molecule has 1 aliphatic rings. The van der Waals surface area contributed by atoms with Gasteiger partial charge < -0.3 is 10.0 Å². The number of carbonyl (C=O) groups excluding carboxylic acids is 1. The molecule has 3 rings (SSSR count). The first-order chi connectivity index (χ1) is 11.1. The van der Waals surface area contributed by atoms with Crippen molar-refractivity contribution in [2.75, 3.05) is 13.1 Å². The molecule has 1 aromatic heterocycles. The van der Waals surface area contributed by atoms with Crippen LogP contribution < -0.4 is 0 Å². The molecule has 1 saturated heterocycles. The zero-order chi connectivity index (χ0) is 16.4. The molecule has 8 heteroatoms. The van der Waals surface area contributed by atoms with Gasteiger partial charge in [0.05, 0.1) is 5.92 Å². The highest BCUT2D eigenvalue weighted by molar-refractivity contribution is 5.81. The third kappa shape index (κ3) is 3.05. The number of amides is 1. The first-order valence-electron chi connectivity index (χ1n) is 7.43. The number of likely N-dealkylation sites (tertiary alicyclic amines) is 1. The number of hydrogen-bond donors (Lipinski definition) is 1. The van der Waals surface area contributed by atoms with Crippen molar-refractivity contribution in [2.24, 2.45) is 5.92 Å². The first-order valence-corrected chi connectivity index (χ1v) is 7.43. The zero-order valence-electron chi connectivity index (χ0n) is 12.7. The van der Waals surface area contributed by atoms with Crippen molar-refractivity contribution in [1.82, 2.24) is 25.1 Å². The number of carboxylic acid groups (broad SMARTS) is 1. The highest BCUT2D eigenvalue weighted by atomic mass is 16.4. The van der Waals surface area contributed by atoms with Crippen molar-refractivity contribution in [2.45, 2.75) is 19.4 Å². The molecule has 1 N–H and O–H groups in total. The fourth-order valence-electron chi connectivity index (χ4n) is 2.62. The average molecular weight is 315 g/mol. The summed E-state index contributed by atoms with van der Waals surface area (Å²) in [5.74, 6) is -1.09. The Balaban J connectivity index is 1.71. The fraction of sp³-hybridized carbons (Fsp3) is 0.400. The molecule has 1 amide bonds. The number of carbonyl (C=O) groups is 2. The van der Waals surface area contributed by atoms with Gasteiger partial charge in [-0.25, -0.2) is 0 Å². The minimum Gasteiger partial charge on any atom is -0.481 e. The lowest BCUT2D eigenvalue weighted by atomic mass is 10.1. The Kier molecular flexibility index (Phi) is 4.05. The van der Waals surface area contributed by atoms with Gasteiger partial charge in [0.2, 0.25) is 11.7 Å². The molecule has 0 unspecified atom stereocenters. The number of rotatable bonds is 4. The third-order valence-electron chi connectivity index (χ3n) is 4.01. The van der Waals surface area contributed by atoms with Crippen LogP contribution >= 0.6 is 0 Å². The lowest BCUT2D eigenvalue weighted by Gasteiger charge is -2.19. The second kappa shape index (κ2) is 6.15. The molecule has 1 fully saturated rings. The highest BCUT2D eigenvalue weighted by Gasteiger charge is 2.33. The Hall–Kier alpha value is -2.77. The van der Waals surface area contributed by atoms with Gasteiger partial charge in [-0.05, 0) is 18.6 Å². The van der Waals surface area contributed by atoms with Crippen LogP contribution in [0.25, 0.3) is 11.4 Å². The van der Waals surface area contributed by atoms with Crippen molar-refractivity contribution in [3.05, 3.63) is 30.3 Å². The monoisotopic (exact) mass is 315 g/mol. The normalized spacial score (nSPS) is 18.8. The minimum atomic E-state index is -0.863. The van der Waals surface area contributed by atoms with Crippen LogP contribution in [-0.2, 0) is 9.59 Å². The molecule has 120 valence electrons. The maximum absolute atomic E-state index is 12.5. The van der Waals surface area contributed by atoms with Crippen LogP contribution in [0.2, 0.25) is 0 Å². The van der Waals surface area contributed by atoms with E-state index in [0.29, 0.717) is 18.8 Å². The molecule has 1 aliphatic heterocycles. The summed E-state index contributed by atoms with van der Waals surface area (Å²) in [6, 6.07) is 8.76. The second-order valence-corrected chi connectivity index (χ2v) is 5.58. The Labute approximate surface area is 132 Å². The smallest absolute Gasteiger partial charge is 0.308 e. The maximum Gasteiger partial charge on any atom is 0.308 e. The fourth-order valence-corrected chi connectivity index (χ4v) is 2.62. The molecule has 0 radical (unpaired) electrons. The first kappa shape index (κ1) is 15.1. The van der Waals surface area contributed by atoms with Gasteiger partial charge in [-0.15, -0.1) is 10.2 Å². The standard InChI is InChI=1S/C15H17N5O3/c1-10(14(21)19-8-7-12(9-19)15(22)23)20-17-13(16-18-20)11-5-3-2-4-6-11/h2-6,10,12H,7-9H2,1H3,(H,22,23)/t10-,12+/m1/s1. The maximum atomic E-state index is 12.5. The summed E-state index contributed by atoms with van der Waals surface area (Å²) in [4.78, 5) is 26.3. The molecule has 2 heterocycles. The molecule has 0 aliphatic carbocycles. The molecule has 2 atom stereocenters. The van der Waals surface area contributed by atoms with E-state index in [1.165, 1.54) is 4.80 Å². The van der Waals surface area contributed by atoms with Gasteiger partial charge in [0.1, 0.15) is 6.04 Å². The van der Waals surface area contributed by atoms with Crippen LogP contribution in [0.1, 0.15) is 19.4 Å². The molecule has 2 aromatic rings. The quantitative estimate of drug-likeness (QED) is 0.897. The lowest BCUT2D eigenvalue weighted by Crippen LogP contribution is -2.36. The minimum absolute atomic E-state index is 0.189. The summed E-state index contributed by atoms with van der Waals surface area (Å²) in [7, 11) is 0. The van der Waals surface area contributed by atoms with Crippen LogP contribution in [0.15, 0.2) is 30.3 Å². The van der Waals surface area contributed by atoms with Crippen molar-refractivity contribution >= 4 is 11.9 Å². The Bertz CT molecular complexity index is 715. The van der Waals surface area contributed by atoms with E-state index in [9.17, 15) is 9.59 Å². The molecule has 1 aromatic carbocycles. The summed E-state index contributed by atoms with van der Waals surface area (Å²) < 4.78 is 0. The molecular formula is C15H17N5O3. The van der Waals surface area contributed by atoms with Gasteiger partial charge in [0, 0.05) is 18.7 Å². The van der Waals surface area contributed by atoms with Crippen LogP contribution in [0, 0.1) is 5.92 Å². The summed E-state index contributed by atoms with van der Waals surface area (Å²) in [6.07, 6.45) is 0.480.